The number of para-hydroxylation sites is 2. The number of methoxy groups -OCH3 is 1. The van der Waals surface area contributed by atoms with E-state index in [0.29, 0.717) is 29.4 Å². The molecule has 0 spiro atoms. The molecule has 0 bridgehead atoms. The molecule has 0 heterocycles. The molecule has 4 nitrogen and oxygen atoms in total. The van der Waals surface area contributed by atoms with Crippen molar-refractivity contribution in [2.24, 2.45) is 0 Å². The summed E-state index contributed by atoms with van der Waals surface area (Å²) in [5.74, 6) is 0.465. The second kappa shape index (κ2) is 7.88. The van der Waals surface area contributed by atoms with Crippen molar-refractivity contribution < 1.29 is 14.3 Å². The standard InChI is InChI=1S/C18H20ClNO3/c1-12-6-4-7-13(2)17(12)23-11-10-20-16-14(18(21)22-3)8-5-9-15(16)19/h4-9,20H,10-11H2,1-3H3. The summed E-state index contributed by atoms with van der Waals surface area (Å²) in [6, 6.07) is 11.1. The van der Waals surface area contributed by atoms with Gasteiger partial charge in [-0.05, 0) is 37.1 Å². The van der Waals surface area contributed by atoms with Crippen LogP contribution in [-0.4, -0.2) is 26.2 Å². The summed E-state index contributed by atoms with van der Waals surface area (Å²) in [7, 11) is 1.34. The van der Waals surface area contributed by atoms with Gasteiger partial charge < -0.3 is 14.8 Å². The van der Waals surface area contributed by atoms with Crippen LogP contribution in [0.3, 0.4) is 0 Å². The molecular formula is C18H20ClNO3. The number of ether oxygens (including phenoxy) is 2. The number of anilines is 1. The smallest absolute Gasteiger partial charge is 0.340 e. The first-order valence-electron chi connectivity index (χ1n) is 7.34. The number of benzene rings is 2. The monoisotopic (exact) mass is 333 g/mol. The van der Waals surface area contributed by atoms with E-state index in [-0.39, 0.29) is 0 Å². The number of nitrogens with one attached hydrogen (secondary N) is 1. The van der Waals surface area contributed by atoms with E-state index in [1.807, 2.05) is 32.0 Å². The highest BCUT2D eigenvalue weighted by Crippen LogP contribution is 2.27. The molecule has 0 unspecified atom stereocenters. The first-order chi connectivity index (χ1) is 11.0. The summed E-state index contributed by atoms with van der Waals surface area (Å²) in [6.45, 7) is 5.00. The Morgan fingerprint density at radius 3 is 2.43 bits per heavy atom. The number of esters is 1. The fourth-order valence-electron chi connectivity index (χ4n) is 2.34. The van der Waals surface area contributed by atoms with Gasteiger partial charge in [0.05, 0.1) is 23.4 Å². The highest BCUT2D eigenvalue weighted by atomic mass is 35.5. The third-order valence-corrected chi connectivity index (χ3v) is 3.79. The maximum absolute atomic E-state index is 11.8. The highest BCUT2D eigenvalue weighted by molar-refractivity contribution is 6.34. The summed E-state index contributed by atoms with van der Waals surface area (Å²) < 4.78 is 10.6. The molecular weight excluding hydrogens is 314 g/mol. The summed E-state index contributed by atoms with van der Waals surface area (Å²) in [6.07, 6.45) is 0. The summed E-state index contributed by atoms with van der Waals surface area (Å²) >= 11 is 6.17. The Morgan fingerprint density at radius 1 is 1.13 bits per heavy atom. The van der Waals surface area contributed by atoms with Gasteiger partial charge in [0.2, 0.25) is 0 Å². The highest BCUT2D eigenvalue weighted by Gasteiger charge is 2.14. The summed E-state index contributed by atoms with van der Waals surface area (Å²) in [4.78, 5) is 11.8. The first kappa shape index (κ1) is 17.2. The summed E-state index contributed by atoms with van der Waals surface area (Å²) in [5.41, 5.74) is 3.16. The predicted molar refractivity (Wildman–Crippen MR) is 92.7 cm³/mol. The van der Waals surface area contributed by atoms with E-state index in [2.05, 4.69) is 5.32 Å². The Kier molecular flexibility index (Phi) is 5.88. The fraction of sp³-hybridized carbons (Fsp3) is 0.278. The molecule has 0 aliphatic rings. The minimum atomic E-state index is -0.425. The number of hydrogen-bond donors (Lipinski definition) is 1. The number of halogens is 1. The first-order valence-corrected chi connectivity index (χ1v) is 7.72. The van der Waals surface area contributed by atoms with Crippen LogP contribution in [0.15, 0.2) is 36.4 Å². The van der Waals surface area contributed by atoms with Crippen molar-refractivity contribution in [2.45, 2.75) is 13.8 Å². The van der Waals surface area contributed by atoms with E-state index in [1.54, 1.807) is 18.2 Å². The van der Waals surface area contributed by atoms with Crippen molar-refractivity contribution in [1.29, 1.82) is 0 Å². The van der Waals surface area contributed by atoms with Crippen molar-refractivity contribution in [3.05, 3.63) is 58.1 Å². The lowest BCUT2D eigenvalue weighted by molar-refractivity contribution is 0.0602. The number of carbonyl (C=O) groups excluding carboxylic acids is 1. The molecule has 0 atom stereocenters. The Bertz CT molecular complexity index is 680. The normalized spacial score (nSPS) is 10.3. The van der Waals surface area contributed by atoms with E-state index >= 15 is 0 Å². The van der Waals surface area contributed by atoms with E-state index in [1.165, 1.54) is 7.11 Å². The van der Waals surface area contributed by atoms with Crippen molar-refractivity contribution in [2.75, 3.05) is 25.6 Å². The molecule has 0 amide bonds. The zero-order valence-corrected chi connectivity index (χ0v) is 14.2. The molecule has 2 aromatic rings. The Labute approximate surface area is 141 Å². The van der Waals surface area contributed by atoms with Crippen LogP contribution in [0.5, 0.6) is 5.75 Å². The van der Waals surface area contributed by atoms with Crippen LogP contribution in [0.25, 0.3) is 0 Å². The Hall–Kier alpha value is -2.20. The maximum atomic E-state index is 11.8. The van der Waals surface area contributed by atoms with Crippen LogP contribution in [0.2, 0.25) is 5.02 Å². The number of rotatable bonds is 6. The van der Waals surface area contributed by atoms with E-state index < -0.39 is 5.97 Å². The lowest BCUT2D eigenvalue weighted by Crippen LogP contribution is -2.15. The van der Waals surface area contributed by atoms with Crippen LogP contribution < -0.4 is 10.1 Å². The quantitative estimate of drug-likeness (QED) is 0.634. The number of aryl methyl sites for hydroxylation is 2. The molecule has 0 saturated carbocycles. The molecule has 0 aliphatic heterocycles. The molecule has 1 N–H and O–H groups in total. The van der Waals surface area contributed by atoms with Crippen molar-refractivity contribution in [3.8, 4) is 5.75 Å². The SMILES string of the molecule is COC(=O)c1cccc(Cl)c1NCCOc1c(C)cccc1C. The molecule has 0 saturated heterocycles. The second-order valence-corrected chi connectivity index (χ2v) is 5.56. The van der Waals surface area contributed by atoms with Gasteiger partial charge in [-0.15, -0.1) is 0 Å². The summed E-state index contributed by atoms with van der Waals surface area (Å²) in [5, 5.41) is 3.62. The van der Waals surface area contributed by atoms with Gasteiger partial charge in [0.15, 0.2) is 0 Å². The fourth-order valence-corrected chi connectivity index (χ4v) is 2.58. The number of hydrogen-bond acceptors (Lipinski definition) is 4. The van der Waals surface area contributed by atoms with Gasteiger partial charge in [-0.25, -0.2) is 4.79 Å². The Morgan fingerprint density at radius 2 is 1.78 bits per heavy atom. The lowest BCUT2D eigenvalue weighted by atomic mass is 10.1. The number of carbonyl (C=O) groups is 1. The third-order valence-electron chi connectivity index (χ3n) is 3.48. The van der Waals surface area contributed by atoms with Crippen LogP contribution in [-0.2, 0) is 4.74 Å². The zero-order chi connectivity index (χ0) is 16.8. The minimum Gasteiger partial charge on any atom is -0.491 e. The average molecular weight is 334 g/mol. The van der Waals surface area contributed by atoms with Crippen molar-refractivity contribution in [1.82, 2.24) is 0 Å². The molecule has 0 radical (unpaired) electrons. The molecule has 0 aromatic heterocycles. The topological polar surface area (TPSA) is 47.6 Å². The van der Waals surface area contributed by atoms with Crippen LogP contribution in [0.1, 0.15) is 21.5 Å². The van der Waals surface area contributed by atoms with Gasteiger partial charge in [-0.3, -0.25) is 0 Å². The van der Waals surface area contributed by atoms with Crippen molar-refractivity contribution >= 4 is 23.3 Å². The molecule has 0 aliphatic carbocycles. The molecule has 0 fully saturated rings. The Balaban J connectivity index is 2.01. The van der Waals surface area contributed by atoms with Gasteiger partial charge in [0.25, 0.3) is 0 Å². The van der Waals surface area contributed by atoms with Crippen molar-refractivity contribution in [3.63, 3.8) is 0 Å². The van der Waals surface area contributed by atoms with Crippen LogP contribution in [0, 0.1) is 13.8 Å². The predicted octanol–water partition coefficient (Wildman–Crippen LogP) is 4.23. The van der Waals surface area contributed by atoms with E-state index in [9.17, 15) is 4.79 Å². The molecule has 5 heteroatoms. The average Bonchev–Trinajstić information content (AvgIpc) is 2.54. The van der Waals surface area contributed by atoms with Gasteiger partial charge >= 0.3 is 5.97 Å². The second-order valence-electron chi connectivity index (χ2n) is 5.15. The van der Waals surface area contributed by atoms with Gasteiger partial charge in [-0.2, -0.15) is 0 Å². The largest absolute Gasteiger partial charge is 0.491 e. The lowest BCUT2D eigenvalue weighted by Gasteiger charge is -2.15. The van der Waals surface area contributed by atoms with Gasteiger partial charge in [0, 0.05) is 6.54 Å². The zero-order valence-electron chi connectivity index (χ0n) is 13.5. The van der Waals surface area contributed by atoms with E-state index in [4.69, 9.17) is 21.1 Å². The molecule has 2 rings (SSSR count). The maximum Gasteiger partial charge on any atom is 0.340 e. The molecule has 23 heavy (non-hydrogen) atoms. The molecule has 2 aromatic carbocycles. The molecule has 122 valence electrons. The minimum absolute atomic E-state index is 0.409. The van der Waals surface area contributed by atoms with Gasteiger partial charge in [-0.1, -0.05) is 35.9 Å². The van der Waals surface area contributed by atoms with E-state index in [0.717, 1.165) is 16.9 Å². The van der Waals surface area contributed by atoms with Crippen LogP contribution >= 0.6 is 11.6 Å². The van der Waals surface area contributed by atoms with Crippen LogP contribution in [0.4, 0.5) is 5.69 Å². The van der Waals surface area contributed by atoms with Gasteiger partial charge in [0.1, 0.15) is 12.4 Å². The third kappa shape index (κ3) is 4.17.